The summed E-state index contributed by atoms with van der Waals surface area (Å²) in [4.78, 5) is 13.1. The number of nitrogens with one attached hydrogen (secondary N) is 2. The van der Waals surface area contributed by atoms with E-state index in [0.717, 1.165) is 12.8 Å². The summed E-state index contributed by atoms with van der Waals surface area (Å²) in [5, 5.41) is 8.79. The van der Waals surface area contributed by atoms with Crippen molar-refractivity contribution in [2.24, 2.45) is 5.92 Å². The van der Waals surface area contributed by atoms with Gasteiger partial charge in [-0.05, 0) is 51.0 Å². The van der Waals surface area contributed by atoms with Crippen LogP contribution in [0.3, 0.4) is 0 Å². The minimum atomic E-state index is -0.437. The first-order chi connectivity index (χ1) is 10.2. The van der Waals surface area contributed by atoms with E-state index >= 15 is 0 Å². The first kappa shape index (κ1) is 17.3. The highest BCUT2D eigenvalue weighted by Gasteiger charge is 2.33. The van der Waals surface area contributed by atoms with Crippen molar-refractivity contribution in [3.8, 4) is 0 Å². The molecule has 1 amide bonds. The number of carbonyl (C=O) groups is 1. The monoisotopic (exact) mass is 324 g/mol. The normalized spacial score (nSPS) is 23.0. The van der Waals surface area contributed by atoms with Crippen LogP contribution < -0.4 is 10.6 Å². The van der Waals surface area contributed by atoms with Crippen LogP contribution in [-0.2, 0) is 4.74 Å². The number of hydrogen-bond acceptors (Lipinski definition) is 4. The first-order valence-corrected chi connectivity index (χ1v) is 8.91. The van der Waals surface area contributed by atoms with E-state index in [-0.39, 0.29) is 12.1 Å². The van der Waals surface area contributed by atoms with Gasteiger partial charge >= 0.3 is 6.09 Å². The van der Waals surface area contributed by atoms with Crippen molar-refractivity contribution in [2.45, 2.75) is 71.2 Å². The summed E-state index contributed by atoms with van der Waals surface area (Å²) in [6, 6.07) is 5.38. The maximum atomic E-state index is 11.7. The molecule has 1 fully saturated rings. The Bertz CT molecular complexity index is 473. The van der Waals surface area contributed by atoms with Crippen molar-refractivity contribution in [2.75, 3.05) is 0 Å². The largest absolute Gasteiger partial charge is 0.444 e. The molecule has 2 rings (SSSR count). The lowest BCUT2D eigenvalue weighted by Gasteiger charge is -2.39. The van der Waals surface area contributed by atoms with Crippen LogP contribution in [0.5, 0.6) is 0 Å². The van der Waals surface area contributed by atoms with Crippen LogP contribution in [0.25, 0.3) is 0 Å². The molecule has 4 nitrogen and oxygen atoms in total. The molecule has 1 aliphatic rings. The standard InChI is InChI=1S/C17H28N2O2S/c1-11(2)15(14-7-6-8-22-14)18-12-9-13(10-12)19-16(20)21-17(3,4)5/h6-8,11-13,15,18H,9-10H2,1-5H3,(H,19,20). The fourth-order valence-corrected chi connectivity index (χ4v) is 3.63. The molecule has 1 unspecified atom stereocenters. The minimum absolute atomic E-state index is 0.225. The number of ether oxygens (including phenoxy) is 1. The fourth-order valence-electron chi connectivity index (χ4n) is 2.67. The topological polar surface area (TPSA) is 50.4 Å². The lowest BCUT2D eigenvalue weighted by Crippen LogP contribution is -2.54. The molecular weight excluding hydrogens is 296 g/mol. The number of thiophene rings is 1. The van der Waals surface area contributed by atoms with Gasteiger partial charge in [0.05, 0.1) is 0 Å². The van der Waals surface area contributed by atoms with E-state index in [1.807, 2.05) is 20.8 Å². The molecule has 0 aliphatic heterocycles. The summed E-state index contributed by atoms with van der Waals surface area (Å²) in [6.07, 6.45) is 1.62. The zero-order valence-electron chi connectivity index (χ0n) is 14.2. The number of amides is 1. The minimum Gasteiger partial charge on any atom is -0.444 e. The van der Waals surface area contributed by atoms with Crippen LogP contribution in [0.1, 0.15) is 58.4 Å². The van der Waals surface area contributed by atoms with E-state index in [1.54, 1.807) is 11.3 Å². The first-order valence-electron chi connectivity index (χ1n) is 8.03. The van der Waals surface area contributed by atoms with Crippen molar-refractivity contribution in [3.05, 3.63) is 22.4 Å². The molecule has 0 radical (unpaired) electrons. The highest BCUT2D eigenvalue weighted by Crippen LogP contribution is 2.30. The molecule has 124 valence electrons. The molecule has 5 heteroatoms. The van der Waals surface area contributed by atoms with Gasteiger partial charge in [-0.15, -0.1) is 11.3 Å². The van der Waals surface area contributed by atoms with Gasteiger partial charge in [-0.25, -0.2) is 4.79 Å². The van der Waals surface area contributed by atoms with Crippen LogP contribution in [0.4, 0.5) is 4.79 Å². The summed E-state index contributed by atoms with van der Waals surface area (Å²) >= 11 is 1.80. The molecule has 2 N–H and O–H groups in total. The number of rotatable bonds is 5. The second-order valence-electron chi connectivity index (χ2n) is 7.42. The lowest BCUT2D eigenvalue weighted by molar-refractivity contribution is 0.0461. The summed E-state index contributed by atoms with van der Waals surface area (Å²) in [6.45, 7) is 10.1. The highest BCUT2D eigenvalue weighted by atomic mass is 32.1. The third kappa shape index (κ3) is 4.99. The molecule has 1 aromatic rings. The summed E-state index contributed by atoms with van der Waals surface area (Å²) in [5.74, 6) is 0.552. The van der Waals surface area contributed by atoms with E-state index in [4.69, 9.17) is 4.74 Å². The van der Waals surface area contributed by atoms with Gasteiger partial charge in [0.1, 0.15) is 5.60 Å². The smallest absolute Gasteiger partial charge is 0.407 e. The molecule has 0 saturated heterocycles. The fraction of sp³-hybridized carbons (Fsp3) is 0.706. The van der Waals surface area contributed by atoms with E-state index in [2.05, 4.69) is 42.0 Å². The van der Waals surface area contributed by atoms with E-state index in [0.29, 0.717) is 18.0 Å². The zero-order chi connectivity index (χ0) is 16.3. The molecule has 1 heterocycles. The van der Waals surface area contributed by atoms with Gasteiger partial charge in [0, 0.05) is 23.0 Å². The Kier molecular flexibility index (Phi) is 5.50. The summed E-state index contributed by atoms with van der Waals surface area (Å²) < 4.78 is 5.29. The van der Waals surface area contributed by atoms with Crippen molar-refractivity contribution >= 4 is 17.4 Å². The van der Waals surface area contributed by atoms with Gasteiger partial charge in [0.15, 0.2) is 0 Å². The van der Waals surface area contributed by atoms with Gasteiger partial charge in [-0.3, -0.25) is 0 Å². The van der Waals surface area contributed by atoms with Gasteiger partial charge in [-0.1, -0.05) is 19.9 Å². The van der Waals surface area contributed by atoms with Gasteiger partial charge in [0.25, 0.3) is 0 Å². The van der Waals surface area contributed by atoms with E-state index < -0.39 is 5.60 Å². The van der Waals surface area contributed by atoms with E-state index in [9.17, 15) is 4.79 Å². The Morgan fingerprint density at radius 2 is 2.00 bits per heavy atom. The third-order valence-corrected chi connectivity index (χ3v) is 4.75. The Labute approximate surface area is 137 Å². The second-order valence-corrected chi connectivity index (χ2v) is 8.39. The van der Waals surface area contributed by atoms with Crippen LogP contribution in [-0.4, -0.2) is 23.8 Å². The molecule has 0 aromatic carbocycles. The Morgan fingerprint density at radius 1 is 1.32 bits per heavy atom. The summed E-state index contributed by atoms with van der Waals surface area (Å²) in [5.41, 5.74) is -0.437. The van der Waals surface area contributed by atoms with Gasteiger partial charge in [-0.2, -0.15) is 0 Å². The number of alkyl carbamates (subject to hydrolysis) is 1. The SMILES string of the molecule is CC(C)C(NC1CC(NC(=O)OC(C)(C)C)C1)c1cccs1. The Hall–Kier alpha value is -1.07. The predicted octanol–water partition coefficient (Wildman–Crippen LogP) is 4.09. The quantitative estimate of drug-likeness (QED) is 0.857. The lowest BCUT2D eigenvalue weighted by atomic mass is 9.85. The zero-order valence-corrected chi connectivity index (χ0v) is 15.0. The van der Waals surface area contributed by atoms with Crippen molar-refractivity contribution in [3.63, 3.8) is 0 Å². The van der Waals surface area contributed by atoms with Crippen LogP contribution in [0.15, 0.2) is 17.5 Å². The Balaban J connectivity index is 1.75. The van der Waals surface area contributed by atoms with Crippen LogP contribution in [0.2, 0.25) is 0 Å². The predicted molar refractivity (Wildman–Crippen MR) is 91.2 cm³/mol. The molecule has 1 aliphatic carbocycles. The van der Waals surface area contributed by atoms with Crippen molar-refractivity contribution < 1.29 is 9.53 Å². The molecule has 1 atom stereocenters. The molecular formula is C17H28N2O2S. The summed E-state index contributed by atoms with van der Waals surface area (Å²) in [7, 11) is 0. The van der Waals surface area contributed by atoms with Crippen LogP contribution in [0, 0.1) is 5.92 Å². The number of hydrogen-bond donors (Lipinski definition) is 2. The van der Waals surface area contributed by atoms with Crippen molar-refractivity contribution in [1.29, 1.82) is 0 Å². The van der Waals surface area contributed by atoms with Crippen LogP contribution >= 0.6 is 11.3 Å². The maximum Gasteiger partial charge on any atom is 0.407 e. The van der Waals surface area contributed by atoms with Crippen molar-refractivity contribution in [1.82, 2.24) is 10.6 Å². The number of carbonyl (C=O) groups excluding carboxylic acids is 1. The average molecular weight is 324 g/mol. The molecule has 1 saturated carbocycles. The van der Waals surface area contributed by atoms with Gasteiger partial charge < -0.3 is 15.4 Å². The molecule has 0 spiro atoms. The molecule has 22 heavy (non-hydrogen) atoms. The second kappa shape index (κ2) is 7.01. The molecule has 0 bridgehead atoms. The maximum absolute atomic E-state index is 11.7. The third-order valence-electron chi connectivity index (χ3n) is 3.79. The van der Waals surface area contributed by atoms with Gasteiger partial charge in [0.2, 0.25) is 0 Å². The van der Waals surface area contributed by atoms with E-state index in [1.165, 1.54) is 4.88 Å². The molecule has 1 aromatic heterocycles. The highest BCUT2D eigenvalue weighted by molar-refractivity contribution is 7.10. The average Bonchev–Trinajstić information content (AvgIpc) is 2.82. The Morgan fingerprint density at radius 3 is 2.50 bits per heavy atom.